The van der Waals surface area contributed by atoms with Crippen LogP contribution in [-0.2, 0) is 14.4 Å². The number of hydrogen-bond acceptors (Lipinski definition) is 4. The molecule has 0 bridgehead atoms. The van der Waals surface area contributed by atoms with Crippen LogP contribution >= 0.6 is 11.8 Å². The van der Waals surface area contributed by atoms with Gasteiger partial charge in [0.1, 0.15) is 6.04 Å². The number of nitrogens with one attached hydrogen (secondary N) is 1. The zero-order chi connectivity index (χ0) is 15.8. The van der Waals surface area contributed by atoms with E-state index >= 15 is 0 Å². The quantitative estimate of drug-likeness (QED) is 0.666. The zero-order valence-electron chi connectivity index (χ0n) is 11.5. The van der Waals surface area contributed by atoms with E-state index in [0.29, 0.717) is 5.56 Å². The molecule has 0 heterocycles. The monoisotopic (exact) mass is 311 g/mol. The lowest BCUT2D eigenvalue weighted by atomic mass is 10.0. The smallest absolute Gasteiger partial charge is 0.327 e. The molecule has 0 fully saturated rings. The van der Waals surface area contributed by atoms with E-state index in [9.17, 15) is 19.5 Å². The summed E-state index contributed by atoms with van der Waals surface area (Å²) in [6.07, 6.45) is 0. The molecule has 0 aliphatic rings. The van der Waals surface area contributed by atoms with Gasteiger partial charge in [0.2, 0.25) is 5.91 Å². The number of benzene rings is 1. The van der Waals surface area contributed by atoms with E-state index in [-0.39, 0.29) is 11.5 Å². The molecule has 0 aliphatic heterocycles. The SMILES string of the molecule is CC(=O)NC(CSCC(C(=O)O)c1ccccc1)C(=O)O. The molecule has 2 unspecified atom stereocenters. The number of carbonyl (C=O) groups is 3. The van der Waals surface area contributed by atoms with E-state index in [1.165, 1.54) is 18.7 Å². The molecule has 0 radical (unpaired) electrons. The summed E-state index contributed by atoms with van der Waals surface area (Å²) < 4.78 is 0. The van der Waals surface area contributed by atoms with Crippen molar-refractivity contribution in [3.05, 3.63) is 35.9 Å². The zero-order valence-corrected chi connectivity index (χ0v) is 12.3. The van der Waals surface area contributed by atoms with E-state index < -0.39 is 29.8 Å². The summed E-state index contributed by atoms with van der Waals surface area (Å²) in [6.45, 7) is 1.24. The highest BCUT2D eigenvalue weighted by atomic mass is 32.2. The molecule has 0 saturated heterocycles. The highest BCUT2D eigenvalue weighted by Gasteiger charge is 2.23. The molecule has 2 atom stereocenters. The number of carboxylic acids is 2. The number of amides is 1. The van der Waals surface area contributed by atoms with E-state index in [1.54, 1.807) is 30.3 Å². The Morgan fingerprint density at radius 1 is 1.10 bits per heavy atom. The van der Waals surface area contributed by atoms with Crippen molar-refractivity contribution in [2.75, 3.05) is 11.5 Å². The van der Waals surface area contributed by atoms with Crippen LogP contribution in [0.1, 0.15) is 18.4 Å². The number of hydrogen-bond donors (Lipinski definition) is 3. The van der Waals surface area contributed by atoms with E-state index in [0.717, 1.165) is 0 Å². The third kappa shape index (κ3) is 5.86. The lowest BCUT2D eigenvalue weighted by molar-refractivity contribution is -0.140. The van der Waals surface area contributed by atoms with Gasteiger partial charge in [-0.15, -0.1) is 0 Å². The molecule has 0 aromatic heterocycles. The highest BCUT2D eigenvalue weighted by molar-refractivity contribution is 7.99. The fourth-order valence-corrected chi connectivity index (χ4v) is 2.89. The Labute approximate surface area is 126 Å². The van der Waals surface area contributed by atoms with Gasteiger partial charge in [0, 0.05) is 18.4 Å². The Hall–Kier alpha value is -2.02. The molecule has 0 aliphatic carbocycles. The summed E-state index contributed by atoms with van der Waals surface area (Å²) in [6, 6.07) is 7.74. The Bertz CT molecular complexity index is 505. The molecule has 6 nitrogen and oxygen atoms in total. The average Bonchev–Trinajstić information content (AvgIpc) is 2.42. The molecular weight excluding hydrogens is 294 g/mol. The van der Waals surface area contributed by atoms with Crippen LogP contribution in [-0.4, -0.2) is 45.6 Å². The molecule has 3 N–H and O–H groups in total. The van der Waals surface area contributed by atoms with Crippen molar-refractivity contribution >= 4 is 29.6 Å². The number of rotatable bonds is 8. The lowest BCUT2D eigenvalue weighted by Crippen LogP contribution is -2.41. The van der Waals surface area contributed by atoms with Gasteiger partial charge in [0.25, 0.3) is 0 Å². The number of carbonyl (C=O) groups excluding carboxylic acids is 1. The standard InChI is InChI=1S/C14H17NO5S/c1-9(16)15-12(14(19)20)8-21-7-11(13(17)18)10-5-3-2-4-6-10/h2-6,11-12H,7-8H2,1H3,(H,15,16)(H,17,18)(H,19,20). The van der Waals surface area contributed by atoms with Gasteiger partial charge in [-0.1, -0.05) is 30.3 Å². The van der Waals surface area contributed by atoms with Gasteiger partial charge in [0.05, 0.1) is 5.92 Å². The van der Waals surface area contributed by atoms with Crippen molar-refractivity contribution in [2.45, 2.75) is 18.9 Å². The van der Waals surface area contributed by atoms with E-state index in [4.69, 9.17) is 5.11 Å². The summed E-state index contributed by atoms with van der Waals surface area (Å²) in [5.74, 6) is -2.87. The van der Waals surface area contributed by atoms with Gasteiger partial charge >= 0.3 is 11.9 Å². The van der Waals surface area contributed by atoms with Crippen LogP contribution in [0, 0.1) is 0 Å². The fraction of sp³-hybridized carbons (Fsp3) is 0.357. The molecule has 0 spiro atoms. The molecular formula is C14H17NO5S. The molecule has 1 amide bonds. The van der Waals surface area contributed by atoms with Crippen molar-refractivity contribution in [3.63, 3.8) is 0 Å². The summed E-state index contributed by atoms with van der Waals surface area (Å²) in [4.78, 5) is 33.2. The van der Waals surface area contributed by atoms with Crippen LogP contribution < -0.4 is 5.32 Å². The first-order valence-corrected chi connectivity index (χ1v) is 7.42. The number of aliphatic carboxylic acids is 2. The van der Waals surface area contributed by atoms with Crippen molar-refractivity contribution in [3.8, 4) is 0 Å². The molecule has 21 heavy (non-hydrogen) atoms. The second-order valence-corrected chi connectivity index (χ2v) is 5.51. The lowest BCUT2D eigenvalue weighted by Gasteiger charge is -2.15. The Kier molecular flexibility index (Phi) is 6.74. The third-order valence-corrected chi connectivity index (χ3v) is 3.88. The molecule has 0 saturated carbocycles. The normalized spacial score (nSPS) is 13.2. The largest absolute Gasteiger partial charge is 0.481 e. The van der Waals surface area contributed by atoms with Crippen molar-refractivity contribution in [1.82, 2.24) is 5.32 Å². The first-order valence-electron chi connectivity index (χ1n) is 6.27. The first kappa shape index (κ1) is 17.0. The molecule has 1 aromatic carbocycles. The minimum atomic E-state index is -1.13. The minimum absolute atomic E-state index is 0.117. The summed E-state index contributed by atoms with van der Waals surface area (Å²) in [5.41, 5.74) is 0.670. The van der Waals surface area contributed by atoms with Crippen LogP contribution in [0.3, 0.4) is 0 Å². The summed E-state index contributed by atoms with van der Waals surface area (Å²) >= 11 is 1.19. The molecule has 7 heteroatoms. The Morgan fingerprint density at radius 2 is 1.71 bits per heavy atom. The van der Waals surface area contributed by atoms with Crippen molar-refractivity contribution in [1.29, 1.82) is 0 Å². The average molecular weight is 311 g/mol. The minimum Gasteiger partial charge on any atom is -0.481 e. The highest BCUT2D eigenvalue weighted by Crippen LogP contribution is 2.21. The van der Waals surface area contributed by atoms with Gasteiger partial charge in [-0.2, -0.15) is 11.8 Å². The topological polar surface area (TPSA) is 104 Å². The fourth-order valence-electron chi connectivity index (χ4n) is 1.72. The first-order chi connectivity index (χ1) is 9.91. The predicted octanol–water partition coefficient (Wildman–Crippen LogP) is 1.18. The summed E-state index contributed by atoms with van der Waals surface area (Å²) in [7, 11) is 0. The second-order valence-electron chi connectivity index (χ2n) is 4.43. The van der Waals surface area contributed by atoms with Crippen molar-refractivity contribution in [2.24, 2.45) is 0 Å². The van der Waals surface area contributed by atoms with Gasteiger partial charge in [-0.3, -0.25) is 9.59 Å². The summed E-state index contributed by atoms with van der Waals surface area (Å²) in [5, 5.41) is 20.5. The maximum absolute atomic E-state index is 11.3. The van der Waals surface area contributed by atoms with Gasteiger partial charge < -0.3 is 15.5 Å². The van der Waals surface area contributed by atoms with Crippen LogP contribution in [0.4, 0.5) is 0 Å². The number of carboxylic acid groups (broad SMARTS) is 2. The molecule has 1 rings (SSSR count). The van der Waals surface area contributed by atoms with Crippen molar-refractivity contribution < 1.29 is 24.6 Å². The van der Waals surface area contributed by atoms with Gasteiger partial charge in [-0.05, 0) is 5.56 Å². The predicted molar refractivity (Wildman–Crippen MR) is 79.4 cm³/mol. The van der Waals surface area contributed by atoms with E-state index in [2.05, 4.69) is 5.32 Å². The Morgan fingerprint density at radius 3 is 2.19 bits per heavy atom. The second kappa shape index (κ2) is 8.31. The van der Waals surface area contributed by atoms with Crippen LogP contribution in [0.5, 0.6) is 0 Å². The van der Waals surface area contributed by atoms with Gasteiger partial charge in [0.15, 0.2) is 0 Å². The van der Waals surface area contributed by atoms with Crippen LogP contribution in [0.25, 0.3) is 0 Å². The van der Waals surface area contributed by atoms with Crippen LogP contribution in [0.2, 0.25) is 0 Å². The maximum atomic E-state index is 11.3. The Balaban J connectivity index is 2.60. The molecule has 1 aromatic rings. The number of thioether (sulfide) groups is 1. The maximum Gasteiger partial charge on any atom is 0.327 e. The van der Waals surface area contributed by atoms with Gasteiger partial charge in [-0.25, -0.2) is 4.79 Å². The van der Waals surface area contributed by atoms with E-state index in [1.807, 2.05) is 0 Å². The molecule has 114 valence electrons. The third-order valence-electron chi connectivity index (χ3n) is 2.74. The van der Waals surface area contributed by atoms with Crippen LogP contribution in [0.15, 0.2) is 30.3 Å².